The van der Waals surface area contributed by atoms with E-state index in [0.29, 0.717) is 30.6 Å². The SMILES string of the molecule is CCOc1ccccc1OCCOc1cc(C)ccc1Cl. The van der Waals surface area contributed by atoms with E-state index in [1.807, 2.05) is 56.3 Å². The van der Waals surface area contributed by atoms with Crippen LogP contribution in [-0.4, -0.2) is 19.8 Å². The Morgan fingerprint density at radius 3 is 2.14 bits per heavy atom. The van der Waals surface area contributed by atoms with Gasteiger partial charge in [0.15, 0.2) is 11.5 Å². The van der Waals surface area contributed by atoms with Crippen LogP contribution in [0.4, 0.5) is 0 Å². The maximum atomic E-state index is 6.07. The number of aryl methyl sites for hydroxylation is 1. The van der Waals surface area contributed by atoms with Crippen molar-refractivity contribution >= 4 is 11.6 Å². The molecule has 0 radical (unpaired) electrons. The van der Waals surface area contributed by atoms with Crippen LogP contribution >= 0.6 is 11.6 Å². The summed E-state index contributed by atoms with van der Waals surface area (Å²) in [6.45, 7) is 5.39. The first-order valence-corrected chi connectivity index (χ1v) is 7.32. The van der Waals surface area contributed by atoms with Crippen molar-refractivity contribution in [1.82, 2.24) is 0 Å². The summed E-state index contributed by atoms with van der Waals surface area (Å²) in [6, 6.07) is 13.3. The van der Waals surface area contributed by atoms with E-state index in [1.54, 1.807) is 0 Å². The minimum atomic E-state index is 0.420. The lowest BCUT2D eigenvalue weighted by atomic mass is 10.2. The second kappa shape index (κ2) is 7.79. The smallest absolute Gasteiger partial charge is 0.161 e. The Morgan fingerprint density at radius 2 is 1.48 bits per heavy atom. The molecule has 3 nitrogen and oxygen atoms in total. The van der Waals surface area contributed by atoms with Gasteiger partial charge < -0.3 is 14.2 Å². The molecule has 0 unspecified atom stereocenters. The zero-order valence-electron chi connectivity index (χ0n) is 12.3. The highest BCUT2D eigenvalue weighted by Gasteiger charge is 2.05. The fraction of sp³-hybridized carbons (Fsp3) is 0.294. The molecule has 21 heavy (non-hydrogen) atoms. The van der Waals surface area contributed by atoms with Gasteiger partial charge in [-0.05, 0) is 43.7 Å². The lowest BCUT2D eigenvalue weighted by Gasteiger charge is -2.12. The Hall–Kier alpha value is -1.87. The molecule has 0 aliphatic carbocycles. The van der Waals surface area contributed by atoms with Crippen molar-refractivity contribution in [3.05, 3.63) is 53.1 Å². The summed E-state index contributed by atoms with van der Waals surface area (Å²) in [5.41, 5.74) is 1.11. The zero-order chi connectivity index (χ0) is 15.1. The zero-order valence-corrected chi connectivity index (χ0v) is 13.0. The minimum Gasteiger partial charge on any atom is -0.490 e. The van der Waals surface area contributed by atoms with Crippen molar-refractivity contribution in [2.75, 3.05) is 19.8 Å². The molecular weight excluding hydrogens is 288 g/mol. The molecule has 0 aliphatic rings. The second-order valence-corrected chi connectivity index (χ2v) is 4.92. The molecule has 0 saturated carbocycles. The summed E-state index contributed by atoms with van der Waals surface area (Å²) in [6.07, 6.45) is 0. The summed E-state index contributed by atoms with van der Waals surface area (Å²) in [5.74, 6) is 2.14. The van der Waals surface area contributed by atoms with Gasteiger partial charge >= 0.3 is 0 Å². The van der Waals surface area contributed by atoms with Gasteiger partial charge in [-0.1, -0.05) is 29.8 Å². The fourth-order valence-electron chi connectivity index (χ4n) is 1.87. The summed E-state index contributed by atoms with van der Waals surface area (Å²) < 4.78 is 16.8. The molecule has 0 aromatic heterocycles. The molecule has 2 aromatic carbocycles. The van der Waals surface area contributed by atoms with E-state index in [2.05, 4.69) is 0 Å². The van der Waals surface area contributed by atoms with Gasteiger partial charge in [0.2, 0.25) is 0 Å². The van der Waals surface area contributed by atoms with E-state index in [-0.39, 0.29) is 0 Å². The highest BCUT2D eigenvalue weighted by Crippen LogP contribution is 2.27. The van der Waals surface area contributed by atoms with Gasteiger partial charge in [-0.2, -0.15) is 0 Å². The van der Waals surface area contributed by atoms with E-state index in [4.69, 9.17) is 25.8 Å². The molecule has 0 atom stereocenters. The van der Waals surface area contributed by atoms with Gasteiger partial charge in [-0.15, -0.1) is 0 Å². The number of hydrogen-bond donors (Lipinski definition) is 0. The number of para-hydroxylation sites is 2. The van der Waals surface area contributed by atoms with Crippen molar-refractivity contribution < 1.29 is 14.2 Å². The second-order valence-electron chi connectivity index (χ2n) is 4.51. The Labute approximate surface area is 130 Å². The summed E-state index contributed by atoms with van der Waals surface area (Å²) in [7, 11) is 0. The molecule has 0 aliphatic heterocycles. The Balaban J connectivity index is 1.86. The van der Waals surface area contributed by atoms with Gasteiger partial charge in [0.05, 0.1) is 11.6 Å². The average molecular weight is 307 g/mol. The lowest BCUT2D eigenvalue weighted by Crippen LogP contribution is -2.10. The van der Waals surface area contributed by atoms with Crippen LogP contribution in [0.3, 0.4) is 0 Å². The molecule has 0 heterocycles. The molecular formula is C17H19ClO3. The largest absolute Gasteiger partial charge is 0.490 e. The Bertz CT molecular complexity index is 584. The quantitative estimate of drug-likeness (QED) is 0.705. The van der Waals surface area contributed by atoms with E-state index in [9.17, 15) is 0 Å². The highest BCUT2D eigenvalue weighted by atomic mass is 35.5. The minimum absolute atomic E-state index is 0.420. The van der Waals surface area contributed by atoms with E-state index in [1.165, 1.54) is 0 Å². The van der Waals surface area contributed by atoms with Gasteiger partial charge in [0, 0.05) is 0 Å². The predicted octanol–water partition coefficient (Wildman–Crippen LogP) is 4.50. The number of rotatable bonds is 7. The first-order valence-electron chi connectivity index (χ1n) is 6.94. The lowest BCUT2D eigenvalue weighted by molar-refractivity contribution is 0.208. The third-order valence-corrected chi connectivity index (χ3v) is 3.15. The van der Waals surface area contributed by atoms with Gasteiger partial charge in [0.25, 0.3) is 0 Å². The van der Waals surface area contributed by atoms with Gasteiger partial charge in [0.1, 0.15) is 19.0 Å². The molecule has 112 valence electrons. The standard InChI is InChI=1S/C17H19ClO3/c1-3-19-15-6-4-5-7-16(15)20-10-11-21-17-12-13(2)8-9-14(17)18/h4-9,12H,3,10-11H2,1-2H3. The van der Waals surface area contributed by atoms with Crippen LogP contribution in [0.1, 0.15) is 12.5 Å². The van der Waals surface area contributed by atoms with Crippen LogP contribution in [0.5, 0.6) is 17.2 Å². The Kier molecular flexibility index (Phi) is 5.76. The highest BCUT2D eigenvalue weighted by molar-refractivity contribution is 6.32. The molecule has 4 heteroatoms. The summed E-state index contributed by atoms with van der Waals surface area (Å²) in [4.78, 5) is 0. The van der Waals surface area contributed by atoms with Crippen LogP contribution in [0.2, 0.25) is 5.02 Å². The monoisotopic (exact) mass is 306 g/mol. The van der Waals surface area contributed by atoms with Gasteiger partial charge in [-0.25, -0.2) is 0 Å². The van der Waals surface area contributed by atoms with E-state index < -0.39 is 0 Å². The molecule has 0 amide bonds. The van der Waals surface area contributed by atoms with Crippen LogP contribution in [0, 0.1) is 6.92 Å². The van der Waals surface area contributed by atoms with Crippen molar-refractivity contribution in [3.8, 4) is 17.2 Å². The van der Waals surface area contributed by atoms with Crippen molar-refractivity contribution in [2.45, 2.75) is 13.8 Å². The van der Waals surface area contributed by atoms with Crippen molar-refractivity contribution in [2.24, 2.45) is 0 Å². The molecule has 0 bridgehead atoms. The van der Waals surface area contributed by atoms with Crippen molar-refractivity contribution in [3.63, 3.8) is 0 Å². The number of ether oxygens (including phenoxy) is 3. The molecule has 2 rings (SSSR count). The maximum absolute atomic E-state index is 6.07. The van der Waals surface area contributed by atoms with Crippen LogP contribution in [0.15, 0.2) is 42.5 Å². The molecule has 2 aromatic rings. The van der Waals surface area contributed by atoms with Gasteiger partial charge in [-0.3, -0.25) is 0 Å². The molecule has 0 N–H and O–H groups in total. The first kappa shape index (κ1) is 15.5. The summed E-state index contributed by atoms with van der Waals surface area (Å²) in [5, 5.41) is 0.607. The maximum Gasteiger partial charge on any atom is 0.161 e. The predicted molar refractivity (Wildman–Crippen MR) is 84.8 cm³/mol. The van der Waals surface area contributed by atoms with Crippen LogP contribution in [0.25, 0.3) is 0 Å². The molecule has 0 fully saturated rings. The van der Waals surface area contributed by atoms with Crippen LogP contribution in [-0.2, 0) is 0 Å². The normalized spacial score (nSPS) is 10.2. The first-order chi connectivity index (χ1) is 10.2. The van der Waals surface area contributed by atoms with E-state index in [0.717, 1.165) is 17.1 Å². The average Bonchev–Trinajstić information content (AvgIpc) is 2.49. The third-order valence-electron chi connectivity index (χ3n) is 2.83. The molecule has 0 saturated heterocycles. The van der Waals surface area contributed by atoms with Crippen molar-refractivity contribution in [1.29, 1.82) is 0 Å². The number of benzene rings is 2. The van der Waals surface area contributed by atoms with Crippen LogP contribution < -0.4 is 14.2 Å². The third kappa shape index (κ3) is 4.57. The molecule has 0 spiro atoms. The fourth-order valence-corrected chi connectivity index (χ4v) is 2.04. The summed E-state index contributed by atoms with van der Waals surface area (Å²) >= 11 is 6.07. The van der Waals surface area contributed by atoms with E-state index >= 15 is 0 Å². The Morgan fingerprint density at radius 1 is 0.857 bits per heavy atom. The number of halogens is 1. The topological polar surface area (TPSA) is 27.7 Å². The number of hydrogen-bond acceptors (Lipinski definition) is 3.